The second-order valence-electron chi connectivity index (χ2n) is 5.05. The van der Waals surface area contributed by atoms with Crippen molar-refractivity contribution in [3.8, 4) is 11.5 Å². The predicted octanol–water partition coefficient (Wildman–Crippen LogP) is 3.80. The normalized spacial score (nSPS) is 14.2. The van der Waals surface area contributed by atoms with Crippen molar-refractivity contribution >= 4 is 0 Å². The summed E-state index contributed by atoms with van der Waals surface area (Å²) in [6, 6.07) is 12.8. The summed E-state index contributed by atoms with van der Waals surface area (Å²) in [6.45, 7) is 2.98. The lowest BCUT2D eigenvalue weighted by Gasteiger charge is -2.18. The third-order valence-corrected chi connectivity index (χ3v) is 3.68. The number of fused-ring (bicyclic) bond motifs is 1. The average molecular weight is 287 g/mol. The Balaban J connectivity index is 1.70. The lowest BCUT2D eigenvalue weighted by molar-refractivity contribution is 0.174. The third-order valence-electron chi connectivity index (χ3n) is 3.68. The number of hydrogen-bond donors (Lipinski definition) is 1. The van der Waals surface area contributed by atoms with Crippen molar-refractivity contribution in [3.63, 3.8) is 0 Å². The molecule has 0 spiro atoms. The minimum Gasteiger partial charge on any atom is -0.454 e. The molecule has 0 amide bonds. The molecule has 1 atom stereocenters. The number of rotatable bonds is 5. The molecule has 1 heterocycles. The van der Waals surface area contributed by atoms with Crippen LogP contribution in [0.4, 0.5) is 4.39 Å². The zero-order valence-corrected chi connectivity index (χ0v) is 11.9. The maximum atomic E-state index is 13.9. The maximum Gasteiger partial charge on any atom is 0.231 e. The molecule has 0 aliphatic carbocycles. The molecule has 4 heteroatoms. The fraction of sp³-hybridized carbons (Fsp3) is 0.294. The monoisotopic (exact) mass is 287 g/mol. The number of hydrogen-bond acceptors (Lipinski definition) is 3. The summed E-state index contributed by atoms with van der Waals surface area (Å²) in [4.78, 5) is 0. The minimum atomic E-state index is -0.164. The van der Waals surface area contributed by atoms with Crippen molar-refractivity contribution in [2.45, 2.75) is 25.9 Å². The van der Waals surface area contributed by atoms with E-state index >= 15 is 0 Å². The van der Waals surface area contributed by atoms with Gasteiger partial charge in [0, 0.05) is 18.2 Å². The minimum absolute atomic E-state index is 0.00313. The van der Waals surface area contributed by atoms with Crippen LogP contribution in [0.3, 0.4) is 0 Å². The van der Waals surface area contributed by atoms with Crippen LogP contribution in [0.15, 0.2) is 42.5 Å². The number of ether oxygens (including phenoxy) is 2. The van der Waals surface area contributed by atoms with Crippen LogP contribution in [0.2, 0.25) is 0 Å². The highest BCUT2D eigenvalue weighted by molar-refractivity contribution is 5.44. The molecule has 2 aromatic rings. The van der Waals surface area contributed by atoms with Gasteiger partial charge in [0.1, 0.15) is 5.82 Å². The van der Waals surface area contributed by atoms with Gasteiger partial charge in [-0.05, 0) is 30.2 Å². The van der Waals surface area contributed by atoms with E-state index in [9.17, 15) is 4.39 Å². The van der Waals surface area contributed by atoms with E-state index in [1.54, 1.807) is 6.07 Å². The smallest absolute Gasteiger partial charge is 0.231 e. The lowest BCUT2D eigenvalue weighted by Crippen LogP contribution is -2.21. The summed E-state index contributed by atoms with van der Waals surface area (Å²) < 4.78 is 24.5. The molecule has 0 aromatic heterocycles. The molecule has 0 fully saturated rings. The fourth-order valence-electron chi connectivity index (χ4n) is 2.52. The summed E-state index contributed by atoms with van der Waals surface area (Å²) in [6.07, 6.45) is 0.825. The Bertz CT molecular complexity index is 630. The number of halogens is 1. The van der Waals surface area contributed by atoms with Gasteiger partial charge in [-0.3, -0.25) is 0 Å². The Morgan fingerprint density at radius 1 is 1.14 bits per heavy atom. The molecule has 2 aromatic carbocycles. The van der Waals surface area contributed by atoms with Gasteiger partial charge in [0.15, 0.2) is 11.5 Å². The van der Waals surface area contributed by atoms with E-state index in [0.29, 0.717) is 12.1 Å². The van der Waals surface area contributed by atoms with E-state index in [0.717, 1.165) is 23.5 Å². The van der Waals surface area contributed by atoms with Crippen molar-refractivity contribution in [1.29, 1.82) is 0 Å². The van der Waals surface area contributed by atoms with Crippen LogP contribution < -0.4 is 14.8 Å². The molecule has 0 bridgehead atoms. The van der Waals surface area contributed by atoms with E-state index in [1.165, 1.54) is 6.07 Å². The predicted molar refractivity (Wildman–Crippen MR) is 78.8 cm³/mol. The summed E-state index contributed by atoms with van der Waals surface area (Å²) in [5, 5.41) is 3.40. The topological polar surface area (TPSA) is 30.5 Å². The Labute approximate surface area is 123 Å². The highest BCUT2D eigenvalue weighted by Gasteiger charge is 2.15. The summed E-state index contributed by atoms with van der Waals surface area (Å²) >= 11 is 0. The first-order valence-corrected chi connectivity index (χ1v) is 7.14. The molecule has 21 heavy (non-hydrogen) atoms. The van der Waals surface area contributed by atoms with Gasteiger partial charge in [-0.25, -0.2) is 4.39 Å². The lowest BCUT2D eigenvalue weighted by atomic mass is 10.0. The van der Waals surface area contributed by atoms with Crippen LogP contribution in [0, 0.1) is 5.82 Å². The first-order valence-electron chi connectivity index (χ1n) is 7.14. The van der Waals surface area contributed by atoms with Gasteiger partial charge >= 0.3 is 0 Å². The quantitative estimate of drug-likeness (QED) is 0.907. The van der Waals surface area contributed by atoms with Crippen molar-refractivity contribution < 1.29 is 13.9 Å². The molecule has 0 radical (unpaired) electrons. The van der Waals surface area contributed by atoms with E-state index in [4.69, 9.17) is 9.47 Å². The van der Waals surface area contributed by atoms with E-state index < -0.39 is 0 Å². The van der Waals surface area contributed by atoms with Crippen molar-refractivity contribution in [2.75, 3.05) is 6.79 Å². The van der Waals surface area contributed by atoms with Crippen LogP contribution in [0.5, 0.6) is 11.5 Å². The second kappa shape index (κ2) is 6.14. The number of nitrogens with one attached hydrogen (secondary N) is 1. The van der Waals surface area contributed by atoms with Gasteiger partial charge in [0.25, 0.3) is 0 Å². The standard InChI is InChI=1S/C17H18FNO2/c1-2-15(13-5-3-4-6-14(13)18)19-10-12-7-8-16-17(9-12)21-11-20-16/h3-9,15,19H,2,10-11H2,1H3. The first-order chi connectivity index (χ1) is 10.3. The third kappa shape index (κ3) is 3.00. The molecule has 0 saturated carbocycles. The van der Waals surface area contributed by atoms with Crippen LogP contribution >= 0.6 is 0 Å². The van der Waals surface area contributed by atoms with Crippen LogP contribution in [-0.2, 0) is 6.54 Å². The van der Waals surface area contributed by atoms with E-state index in [-0.39, 0.29) is 18.7 Å². The molecule has 0 saturated heterocycles. The zero-order valence-electron chi connectivity index (χ0n) is 11.9. The fourth-order valence-corrected chi connectivity index (χ4v) is 2.52. The highest BCUT2D eigenvalue weighted by Crippen LogP contribution is 2.32. The van der Waals surface area contributed by atoms with Gasteiger partial charge < -0.3 is 14.8 Å². The molecular weight excluding hydrogens is 269 g/mol. The van der Waals surface area contributed by atoms with Gasteiger partial charge in [0.05, 0.1) is 0 Å². The molecule has 3 rings (SSSR count). The highest BCUT2D eigenvalue weighted by atomic mass is 19.1. The SMILES string of the molecule is CCC(NCc1ccc2c(c1)OCO2)c1ccccc1F. The van der Waals surface area contributed by atoms with Crippen LogP contribution in [-0.4, -0.2) is 6.79 Å². The number of benzene rings is 2. The molecule has 1 unspecified atom stereocenters. The van der Waals surface area contributed by atoms with Gasteiger partial charge in [-0.1, -0.05) is 31.2 Å². The summed E-state index contributed by atoms with van der Waals surface area (Å²) in [7, 11) is 0. The van der Waals surface area contributed by atoms with E-state index in [2.05, 4.69) is 5.32 Å². The Morgan fingerprint density at radius 2 is 1.95 bits per heavy atom. The first kappa shape index (κ1) is 13.9. The second-order valence-corrected chi connectivity index (χ2v) is 5.05. The summed E-state index contributed by atoms with van der Waals surface area (Å²) in [5.41, 5.74) is 1.80. The largest absolute Gasteiger partial charge is 0.454 e. The molecule has 1 aliphatic heterocycles. The molecular formula is C17H18FNO2. The Morgan fingerprint density at radius 3 is 2.76 bits per heavy atom. The van der Waals surface area contributed by atoms with Crippen molar-refractivity contribution in [2.24, 2.45) is 0 Å². The van der Waals surface area contributed by atoms with Crippen LogP contribution in [0.1, 0.15) is 30.5 Å². The van der Waals surface area contributed by atoms with Crippen LogP contribution in [0.25, 0.3) is 0 Å². The molecule has 3 nitrogen and oxygen atoms in total. The van der Waals surface area contributed by atoms with Gasteiger partial charge in [0.2, 0.25) is 6.79 Å². The molecule has 110 valence electrons. The summed E-state index contributed by atoms with van der Waals surface area (Å²) in [5.74, 6) is 1.38. The van der Waals surface area contributed by atoms with E-state index in [1.807, 2.05) is 37.3 Å². The average Bonchev–Trinajstić information content (AvgIpc) is 2.97. The Hall–Kier alpha value is -2.07. The zero-order chi connectivity index (χ0) is 14.7. The van der Waals surface area contributed by atoms with Crippen molar-refractivity contribution in [1.82, 2.24) is 5.32 Å². The van der Waals surface area contributed by atoms with Crippen molar-refractivity contribution in [3.05, 3.63) is 59.4 Å². The van der Waals surface area contributed by atoms with Gasteiger partial charge in [-0.2, -0.15) is 0 Å². The molecule has 1 aliphatic rings. The molecule has 1 N–H and O–H groups in total. The Kier molecular flexibility index (Phi) is 4.06. The van der Waals surface area contributed by atoms with Gasteiger partial charge in [-0.15, -0.1) is 0 Å². The maximum absolute atomic E-state index is 13.9.